The summed E-state index contributed by atoms with van der Waals surface area (Å²) < 4.78 is 1.30. The normalized spacial score (nSPS) is 12.9. The van der Waals surface area contributed by atoms with Gasteiger partial charge in [-0.3, -0.25) is 0 Å². The molecule has 0 saturated heterocycles. The van der Waals surface area contributed by atoms with Crippen LogP contribution in [0, 0.1) is 3.57 Å². The van der Waals surface area contributed by atoms with Crippen LogP contribution in [0.15, 0.2) is 115 Å². The van der Waals surface area contributed by atoms with Crippen LogP contribution >= 0.6 is 43.4 Å². The Morgan fingerprint density at radius 1 is 0.536 bits per heavy atom. The summed E-state index contributed by atoms with van der Waals surface area (Å²) in [5.41, 5.74) is 1.37. The Hall–Kier alpha value is -1.48. The van der Waals surface area contributed by atoms with E-state index >= 15 is 0 Å². The standard InChI is InChI=1S/C25H21BrIP/c26-28(22-13-4-1-5-14-22,23-15-6-2-7-16-23,24-17-8-3-9-18-24)20-21-12-10-11-19-25(21)27/h1-19H,20H2. The number of benzene rings is 4. The van der Waals surface area contributed by atoms with Gasteiger partial charge in [-0.15, -0.1) is 0 Å². The monoisotopic (exact) mass is 558 g/mol. The van der Waals surface area contributed by atoms with Gasteiger partial charge in [0, 0.05) is 0 Å². The summed E-state index contributed by atoms with van der Waals surface area (Å²) in [5, 5.41) is 1.15. The summed E-state index contributed by atoms with van der Waals surface area (Å²) in [6.45, 7) is 0. The van der Waals surface area contributed by atoms with Crippen LogP contribution in [-0.4, -0.2) is 0 Å². The van der Waals surface area contributed by atoms with Crippen LogP contribution in [0.3, 0.4) is 0 Å². The van der Waals surface area contributed by atoms with Gasteiger partial charge in [-0.05, 0) is 0 Å². The first-order valence-electron chi connectivity index (χ1n) is 9.26. The molecule has 0 radical (unpaired) electrons. The summed E-state index contributed by atoms with van der Waals surface area (Å²) in [4.78, 5) is 0. The molecule has 4 rings (SSSR count). The molecule has 0 unspecified atom stereocenters. The molecule has 3 heteroatoms. The van der Waals surface area contributed by atoms with Crippen molar-refractivity contribution in [3.63, 3.8) is 0 Å². The molecule has 0 aliphatic carbocycles. The molecule has 0 saturated carbocycles. The first-order valence-corrected chi connectivity index (χ1v) is 14.8. The van der Waals surface area contributed by atoms with Gasteiger partial charge in [0.2, 0.25) is 0 Å². The number of hydrogen-bond donors (Lipinski definition) is 0. The van der Waals surface area contributed by atoms with Crippen LogP contribution in [0.25, 0.3) is 0 Å². The predicted molar refractivity (Wildman–Crippen MR) is 137 cm³/mol. The third kappa shape index (κ3) is 3.36. The molecule has 0 spiro atoms. The molecule has 0 aliphatic heterocycles. The Labute approximate surface area is 188 Å². The third-order valence-corrected chi connectivity index (χ3v) is 15.9. The Kier molecular flexibility index (Phi) is 5.73. The Morgan fingerprint density at radius 3 is 1.29 bits per heavy atom. The zero-order chi connectivity index (χ0) is 19.5. The summed E-state index contributed by atoms with van der Waals surface area (Å²) in [6.07, 6.45) is 0.933. The molecule has 0 N–H and O–H groups in total. The van der Waals surface area contributed by atoms with E-state index in [2.05, 4.69) is 153 Å². The van der Waals surface area contributed by atoms with Gasteiger partial charge in [0.25, 0.3) is 0 Å². The molecule has 28 heavy (non-hydrogen) atoms. The van der Waals surface area contributed by atoms with Crippen molar-refractivity contribution in [2.45, 2.75) is 6.16 Å². The molecule has 4 aromatic rings. The number of hydrogen-bond acceptors (Lipinski definition) is 0. The first kappa shape index (κ1) is 19.8. The minimum absolute atomic E-state index is 0.933. The van der Waals surface area contributed by atoms with Crippen molar-refractivity contribution >= 4 is 59.3 Å². The second-order valence-electron chi connectivity index (χ2n) is 6.94. The zero-order valence-electron chi connectivity index (χ0n) is 15.4. The van der Waals surface area contributed by atoms with Crippen molar-refractivity contribution < 1.29 is 0 Å². The van der Waals surface area contributed by atoms with E-state index in [1.165, 1.54) is 25.0 Å². The van der Waals surface area contributed by atoms with Gasteiger partial charge in [0.05, 0.1) is 0 Å². The van der Waals surface area contributed by atoms with Crippen molar-refractivity contribution in [2.75, 3.05) is 0 Å². The van der Waals surface area contributed by atoms with Gasteiger partial charge in [-0.2, -0.15) is 0 Å². The van der Waals surface area contributed by atoms with Crippen molar-refractivity contribution in [2.24, 2.45) is 0 Å². The summed E-state index contributed by atoms with van der Waals surface area (Å²) in [7, 11) is 0. The van der Waals surface area contributed by atoms with E-state index in [0.29, 0.717) is 0 Å². The molecular formula is C25H21BrIP. The van der Waals surface area contributed by atoms with Gasteiger partial charge < -0.3 is 0 Å². The van der Waals surface area contributed by atoms with Gasteiger partial charge in [-0.25, -0.2) is 0 Å². The van der Waals surface area contributed by atoms with Crippen molar-refractivity contribution in [3.05, 3.63) is 124 Å². The van der Waals surface area contributed by atoms with E-state index in [1.807, 2.05) is 0 Å². The Morgan fingerprint density at radius 2 is 0.893 bits per heavy atom. The molecule has 4 aromatic carbocycles. The van der Waals surface area contributed by atoms with E-state index in [4.69, 9.17) is 0 Å². The average molecular weight is 559 g/mol. The topological polar surface area (TPSA) is 0 Å². The van der Waals surface area contributed by atoms with Gasteiger partial charge >= 0.3 is 190 Å². The fourth-order valence-corrected chi connectivity index (χ4v) is 12.4. The summed E-state index contributed by atoms with van der Waals surface area (Å²) in [5.74, 6) is 0. The quantitative estimate of drug-likeness (QED) is 0.190. The second kappa shape index (κ2) is 8.10. The molecule has 0 bridgehead atoms. The van der Waals surface area contributed by atoms with Gasteiger partial charge in [-0.1, -0.05) is 0 Å². The number of halogens is 2. The van der Waals surface area contributed by atoms with E-state index in [1.54, 1.807) is 0 Å². The molecule has 0 amide bonds. The minimum atomic E-state index is -2.90. The molecule has 0 fully saturated rings. The molecule has 0 aromatic heterocycles. The van der Waals surface area contributed by atoms with Crippen LogP contribution in [0.4, 0.5) is 0 Å². The average Bonchev–Trinajstić information content (AvgIpc) is 2.77. The summed E-state index contributed by atoms with van der Waals surface area (Å²) in [6, 6.07) is 41.6. The third-order valence-electron chi connectivity index (χ3n) is 5.31. The molecule has 0 atom stereocenters. The van der Waals surface area contributed by atoms with Gasteiger partial charge in [0.1, 0.15) is 0 Å². The van der Waals surface area contributed by atoms with Crippen LogP contribution in [-0.2, 0) is 6.16 Å². The fraction of sp³-hybridized carbons (Fsp3) is 0.0400. The maximum absolute atomic E-state index is 4.52. The van der Waals surface area contributed by atoms with E-state index < -0.39 is 5.31 Å². The predicted octanol–water partition coefficient (Wildman–Crippen LogP) is 6.63. The SMILES string of the molecule is BrP(Cc1ccccc1I)(c1ccccc1)(c1ccccc1)c1ccccc1. The molecule has 140 valence electrons. The zero-order valence-corrected chi connectivity index (χ0v) is 20.0. The van der Waals surface area contributed by atoms with E-state index in [9.17, 15) is 0 Å². The van der Waals surface area contributed by atoms with Gasteiger partial charge in [0.15, 0.2) is 0 Å². The van der Waals surface area contributed by atoms with Crippen LogP contribution in [0.5, 0.6) is 0 Å². The maximum atomic E-state index is 4.52. The molecule has 0 heterocycles. The first-order chi connectivity index (χ1) is 13.6. The van der Waals surface area contributed by atoms with Crippen LogP contribution in [0.1, 0.15) is 5.56 Å². The summed E-state index contributed by atoms with van der Waals surface area (Å²) >= 11 is 6.98. The van der Waals surface area contributed by atoms with Crippen LogP contribution < -0.4 is 15.9 Å². The molecular weight excluding hydrogens is 538 g/mol. The van der Waals surface area contributed by atoms with Crippen molar-refractivity contribution in [3.8, 4) is 0 Å². The fourth-order valence-electron chi connectivity index (χ4n) is 3.88. The second-order valence-corrected chi connectivity index (χ2v) is 17.0. The number of rotatable bonds is 5. The molecule has 0 nitrogen and oxygen atoms in total. The Balaban J connectivity index is 2.11. The van der Waals surface area contributed by atoms with E-state index in [-0.39, 0.29) is 0 Å². The Bertz CT molecular complexity index is 966. The van der Waals surface area contributed by atoms with Crippen molar-refractivity contribution in [1.29, 1.82) is 0 Å². The van der Waals surface area contributed by atoms with Crippen LogP contribution in [0.2, 0.25) is 0 Å². The molecule has 0 aliphatic rings. The van der Waals surface area contributed by atoms with E-state index in [0.717, 1.165) is 6.16 Å². The van der Waals surface area contributed by atoms with Crippen molar-refractivity contribution in [1.82, 2.24) is 0 Å².